The lowest BCUT2D eigenvalue weighted by molar-refractivity contribution is 0.816. The summed E-state index contributed by atoms with van der Waals surface area (Å²) in [6, 6.07) is 6.38. The Morgan fingerprint density at radius 1 is 1.33 bits per heavy atom. The summed E-state index contributed by atoms with van der Waals surface area (Å²) in [6.45, 7) is 1.76. The number of benzene rings is 1. The third-order valence-corrected chi connectivity index (χ3v) is 3.75. The van der Waals surface area contributed by atoms with Crippen LogP contribution in [0.4, 0.5) is 11.5 Å². The molecular weight excluding hydrogens is 266 g/mol. The Balaban J connectivity index is 1.61. The van der Waals surface area contributed by atoms with E-state index in [1.807, 2.05) is 0 Å². The smallest absolute Gasteiger partial charge is 0.221 e. The maximum Gasteiger partial charge on any atom is 0.221 e. The molecule has 2 N–H and O–H groups in total. The largest absolute Gasteiger partial charge is 0.385 e. The average molecular weight is 281 g/mol. The molecule has 3 heterocycles. The monoisotopic (exact) mass is 281 g/mol. The van der Waals surface area contributed by atoms with E-state index in [1.165, 1.54) is 23.2 Å². The van der Waals surface area contributed by atoms with Crippen molar-refractivity contribution in [2.45, 2.75) is 19.4 Å². The first-order valence-corrected chi connectivity index (χ1v) is 7.03. The van der Waals surface area contributed by atoms with Crippen LogP contribution in [0, 0.1) is 0 Å². The highest BCUT2D eigenvalue weighted by Crippen LogP contribution is 2.25. The summed E-state index contributed by atoms with van der Waals surface area (Å²) in [5, 5.41) is 18.3. The number of tetrazole rings is 1. The van der Waals surface area contributed by atoms with Crippen molar-refractivity contribution in [2.75, 3.05) is 17.2 Å². The minimum absolute atomic E-state index is 0.639. The fourth-order valence-corrected chi connectivity index (χ4v) is 2.73. The first-order chi connectivity index (χ1) is 10.4. The maximum atomic E-state index is 4.32. The number of nitrogens with zero attached hydrogens (tertiary/aromatic N) is 5. The summed E-state index contributed by atoms with van der Waals surface area (Å²) < 4.78 is 1.61. The predicted octanol–water partition coefficient (Wildman–Crippen LogP) is 1.49. The Morgan fingerprint density at radius 2 is 2.33 bits per heavy atom. The predicted molar refractivity (Wildman–Crippen MR) is 79.2 cm³/mol. The Kier molecular flexibility index (Phi) is 2.88. The molecule has 4 rings (SSSR count). The average Bonchev–Trinajstić information content (AvgIpc) is 3.02. The van der Waals surface area contributed by atoms with Gasteiger partial charge in [0, 0.05) is 25.0 Å². The lowest BCUT2D eigenvalue weighted by Gasteiger charge is -2.21. The van der Waals surface area contributed by atoms with Crippen molar-refractivity contribution in [1.29, 1.82) is 0 Å². The van der Waals surface area contributed by atoms with Crippen LogP contribution < -0.4 is 10.6 Å². The highest BCUT2D eigenvalue weighted by molar-refractivity contribution is 5.62. The number of fused-ring (bicyclic) bond motifs is 2. The van der Waals surface area contributed by atoms with E-state index in [-0.39, 0.29) is 0 Å². The zero-order valence-corrected chi connectivity index (χ0v) is 11.5. The Bertz CT molecular complexity index is 780. The van der Waals surface area contributed by atoms with E-state index in [0.29, 0.717) is 18.0 Å². The molecular formula is C14H15N7. The molecule has 0 saturated carbocycles. The highest BCUT2D eigenvalue weighted by Gasteiger charge is 2.13. The number of aromatic nitrogens is 5. The number of hydrogen-bond acceptors (Lipinski definition) is 6. The second-order valence-corrected chi connectivity index (χ2v) is 5.05. The summed E-state index contributed by atoms with van der Waals surface area (Å²) in [6.07, 6.45) is 5.71. The number of anilines is 2. The Hall–Kier alpha value is -2.70. The van der Waals surface area contributed by atoms with Gasteiger partial charge < -0.3 is 10.6 Å². The van der Waals surface area contributed by atoms with Gasteiger partial charge in [0.1, 0.15) is 0 Å². The van der Waals surface area contributed by atoms with Crippen LogP contribution in [0.25, 0.3) is 5.65 Å². The molecule has 0 fully saturated rings. The van der Waals surface area contributed by atoms with Gasteiger partial charge in [-0.3, -0.25) is 0 Å². The molecule has 0 aliphatic carbocycles. The van der Waals surface area contributed by atoms with Crippen molar-refractivity contribution in [3.05, 3.63) is 41.7 Å². The van der Waals surface area contributed by atoms with E-state index in [2.05, 4.69) is 49.3 Å². The second-order valence-electron chi connectivity index (χ2n) is 5.05. The van der Waals surface area contributed by atoms with Crippen molar-refractivity contribution in [3.63, 3.8) is 0 Å². The second kappa shape index (κ2) is 5.01. The minimum Gasteiger partial charge on any atom is -0.385 e. The Morgan fingerprint density at radius 3 is 3.33 bits per heavy atom. The van der Waals surface area contributed by atoms with E-state index < -0.39 is 0 Å². The first kappa shape index (κ1) is 12.1. The first-order valence-electron chi connectivity index (χ1n) is 7.03. The third-order valence-electron chi connectivity index (χ3n) is 3.75. The molecule has 0 radical (unpaired) electrons. The fourth-order valence-electron chi connectivity index (χ4n) is 2.73. The molecule has 7 nitrogen and oxygen atoms in total. The van der Waals surface area contributed by atoms with Crippen molar-refractivity contribution in [1.82, 2.24) is 25.0 Å². The van der Waals surface area contributed by atoms with Gasteiger partial charge >= 0.3 is 0 Å². The van der Waals surface area contributed by atoms with E-state index in [1.54, 1.807) is 16.9 Å². The summed E-state index contributed by atoms with van der Waals surface area (Å²) in [4.78, 5) is 4.32. The van der Waals surface area contributed by atoms with E-state index in [4.69, 9.17) is 0 Å². The molecule has 1 aliphatic rings. The third kappa shape index (κ3) is 2.16. The van der Waals surface area contributed by atoms with E-state index >= 15 is 0 Å². The molecule has 21 heavy (non-hydrogen) atoms. The van der Waals surface area contributed by atoms with Crippen LogP contribution in [0.3, 0.4) is 0 Å². The van der Waals surface area contributed by atoms with Crippen molar-refractivity contribution >= 4 is 17.2 Å². The van der Waals surface area contributed by atoms with Crippen LogP contribution in [0.15, 0.2) is 30.6 Å². The molecule has 0 spiro atoms. The molecule has 1 aromatic carbocycles. The van der Waals surface area contributed by atoms with Crippen LogP contribution in [0.2, 0.25) is 0 Å². The molecule has 0 amide bonds. The van der Waals surface area contributed by atoms with E-state index in [9.17, 15) is 0 Å². The summed E-state index contributed by atoms with van der Waals surface area (Å²) >= 11 is 0. The summed E-state index contributed by atoms with van der Waals surface area (Å²) in [7, 11) is 0. The van der Waals surface area contributed by atoms with Gasteiger partial charge in [0.15, 0.2) is 5.82 Å². The van der Waals surface area contributed by atoms with Gasteiger partial charge in [-0.2, -0.15) is 4.52 Å². The van der Waals surface area contributed by atoms with Gasteiger partial charge in [0.05, 0.1) is 6.20 Å². The maximum absolute atomic E-state index is 4.32. The fraction of sp³-hybridized carbons (Fsp3) is 0.286. The van der Waals surface area contributed by atoms with Gasteiger partial charge in [-0.1, -0.05) is 12.1 Å². The van der Waals surface area contributed by atoms with Crippen LogP contribution in [-0.4, -0.2) is 31.6 Å². The molecule has 2 aromatic heterocycles. The van der Waals surface area contributed by atoms with Gasteiger partial charge in [-0.15, -0.1) is 5.10 Å². The topological polar surface area (TPSA) is 80.0 Å². The highest BCUT2D eigenvalue weighted by atomic mass is 15.5. The van der Waals surface area contributed by atoms with Crippen molar-refractivity contribution in [2.24, 2.45) is 0 Å². The van der Waals surface area contributed by atoms with Gasteiger partial charge in [0.25, 0.3) is 0 Å². The van der Waals surface area contributed by atoms with Gasteiger partial charge in [0.2, 0.25) is 5.65 Å². The zero-order valence-electron chi connectivity index (χ0n) is 11.5. The quantitative estimate of drug-likeness (QED) is 0.757. The lowest BCUT2D eigenvalue weighted by atomic mass is 9.97. The van der Waals surface area contributed by atoms with E-state index in [0.717, 1.165) is 13.0 Å². The van der Waals surface area contributed by atoms with Gasteiger partial charge in [-0.05, 0) is 40.5 Å². The molecule has 0 saturated heterocycles. The number of rotatable bonds is 3. The standard InChI is InChI=1S/C14H15N7/c1-3-10(11-4-2-6-15-12(11)5-1)9-17-13-14-18-19-20-21(14)8-7-16-13/h1,3,5,7-8,15H,2,4,6,9H2,(H,16,17). The molecule has 7 heteroatoms. The van der Waals surface area contributed by atoms with Crippen molar-refractivity contribution < 1.29 is 0 Å². The zero-order chi connectivity index (χ0) is 14.1. The van der Waals surface area contributed by atoms with Crippen LogP contribution in [0.5, 0.6) is 0 Å². The van der Waals surface area contributed by atoms with Gasteiger partial charge in [-0.25, -0.2) is 4.98 Å². The van der Waals surface area contributed by atoms with Crippen LogP contribution in [-0.2, 0) is 13.0 Å². The number of hydrogen-bond donors (Lipinski definition) is 2. The SMILES string of the molecule is c1cc(CNc2nccn3nnnc23)c2c(c1)NCCC2. The molecule has 3 aromatic rings. The number of nitrogens with one attached hydrogen (secondary N) is 2. The molecule has 0 bridgehead atoms. The van der Waals surface area contributed by atoms with Crippen molar-refractivity contribution in [3.8, 4) is 0 Å². The normalized spacial score (nSPS) is 13.7. The van der Waals surface area contributed by atoms with Crippen LogP contribution >= 0.6 is 0 Å². The Labute approximate surface area is 121 Å². The molecule has 106 valence electrons. The summed E-state index contributed by atoms with van der Waals surface area (Å²) in [5.74, 6) is 0.698. The molecule has 0 unspecified atom stereocenters. The molecule has 0 atom stereocenters. The van der Waals surface area contributed by atoms with Crippen LogP contribution in [0.1, 0.15) is 17.5 Å². The minimum atomic E-state index is 0.639. The molecule has 1 aliphatic heterocycles. The summed E-state index contributed by atoms with van der Waals surface area (Å²) in [5.41, 5.74) is 4.56. The lowest BCUT2D eigenvalue weighted by Crippen LogP contribution is -2.15.